The van der Waals surface area contributed by atoms with E-state index in [2.05, 4.69) is 5.32 Å². The Hall–Kier alpha value is -0.773. The Morgan fingerprint density at radius 1 is 1.88 bits per heavy atom. The maximum Gasteiger partial charge on any atom is 0.404 e. The molecule has 0 radical (unpaired) electrons. The first-order chi connectivity index (χ1) is 3.77. The highest BCUT2D eigenvalue weighted by atomic mass is 28.1. The van der Waals surface area contributed by atoms with E-state index < -0.39 is 6.09 Å². The minimum Gasteiger partial charge on any atom is -0.465 e. The molecule has 0 fully saturated rings. The second-order valence-electron chi connectivity index (χ2n) is 1.26. The Balaban J connectivity index is 3.05. The van der Waals surface area contributed by atoms with Crippen molar-refractivity contribution in [3.8, 4) is 0 Å². The zero-order valence-electron chi connectivity index (χ0n) is 4.72. The van der Waals surface area contributed by atoms with E-state index in [0.717, 1.165) is 10.2 Å². The van der Waals surface area contributed by atoms with Gasteiger partial charge in [0.15, 0.2) is 0 Å². The molecular weight excluding hydrogens is 122 g/mol. The van der Waals surface area contributed by atoms with E-state index in [-0.39, 0.29) is 0 Å². The molecule has 46 valence electrons. The van der Waals surface area contributed by atoms with Gasteiger partial charge in [-0.05, 0) is 0 Å². The highest BCUT2D eigenvalue weighted by Crippen LogP contribution is 1.63. The van der Waals surface area contributed by atoms with Gasteiger partial charge in [0.05, 0.1) is 0 Å². The van der Waals surface area contributed by atoms with Gasteiger partial charge in [0.1, 0.15) is 0 Å². The number of rotatable bonds is 2. The van der Waals surface area contributed by atoms with Gasteiger partial charge in [-0.25, -0.2) is 4.79 Å². The maximum atomic E-state index is 9.74. The van der Waals surface area contributed by atoms with Crippen molar-refractivity contribution in [3.63, 3.8) is 0 Å². The molecule has 0 heterocycles. The van der Waals surface area contributed by atoms with E-state index in [0.29, 0.717) is 6.54 Å². The van der Waals surface area contributed by atoms with Crippen molar-refractivity contribution in [2.75, 3.05) is 6.54 Å². The van der Waals surface area contributed by atoms with Gasteiger partial charge in [-0.15, -0.1) is 5.70 Å². The zero-order chi connectivity index (χ0) is 6.41. The van der Waals surface area contributed by atoms with Gasteiger partial charge in [-0.1, -0.05) is 6.08 Å². The summed E-state index contributed by atoms with van der Waals surface area (Å²) in [5.74, 6) is 0. The van der Waals surface area contributed by atoms with Gasteiger partial charge in [0, 0.05) is 16.8 Å². The van der Waals surface area contributed by atoms with Crippen molar-refractivity contribution in [2.45, 2.75) is 0 Å². The van der Waals surface area contributed by atoms with Crippen molar-refractivity contribution in [3.05, 3.63) is 11.8 Å². The Kier molecular flexibility index (Phi) is 3.96. The summed E-state index contributed by atoms with van der Waals surface area (Å²) in [6.45, 7) is 0.429. The van der Waals surface area contributed by atoms with Crippen LogP contribution in [0, 0.1) is 0 Å². The van der Waals surface area contributed by atoms with Crippen LogP contribution in [0.15, 0.2) is 11.8 Å². The average Bonchev–Trinajstić information content (AvgIpc) is 1.66. The summed E-state index contributed by atoms with van der Waals surface area (Å²) in [5, 5.41) is 10.2. The Morgan fingerprint density at radius 2 is 2.50 bits per heavy atom. The van der Waals surface area contributed by atoms with E-state index in [1.165, 1.54) is 0 Å². The molecule has 0 aliphatic rings. The van der Waals surface area contributed by atoms with E-state index in [1.807, 2.05) is 5.70 Å². The first-order valence-corrected chi connectivity index (χ1v) is 3.50. The van der Waals surface area contributed by atoms with Crippen LogP contribution in [0.5, 0.6) is 0 Å². The lowest BCUT2D eigenvalue weighted by Crippen LogP contribution is -2.20. The molecule has 4 heteroatoms. The summed E-state index contributed by atoms with van der Waals surface area (Å²) in [6.07, 6.45) is 0.824. The van der Waals surface area contributed by atoms with Gasteiger partial charge in [-0.2, -0.15) is 0 Å². The molecule has 0 aliphatic carbocycles. The average molecular weight is 131 g/mol. The molecular formula is C4H9NO2Si. The Morgan fingerprint density at radius 3 is 2.88 bits per heavy atom. The minimum absolute atomic E-state index is 0.429. The lowest BCUT2D eigenvalue weighted by atomic mass is 10.6. The van der Waals surface area contributed by atoms with Gasteiger partial charge in [-0.3, -0.25) is 0 Å². The summed E-state index contributed by atoms with van der Waals surface area (Å²) < 4.78 is 0. The summed E-state index contributed by atoms with van der Waals surface area (Å²) in [4.78, 5) is 9.74. The van der Waals surface area contributed by atoms with Crippen molar-refractivity contribution < 1.29 is 9.90 Å². The highest BCUT2D eigenvalue weighted by molar-refractivity contribution is 6.16. The second kappa shape index (κ2) is 4.39. The van der Waals surface area contributed by atoms with Crippen LogP contribution in [0.2, 0.25) is 0 Å². The van der Waals surface area contributed by atoms with Crippen molar-refractivity contribution in [2.24, 2.45) is 0 Å². The first-order valence-electron chi connectivity index (χ1n) is 2.35. The molecule has 0 rings (SSSR count). The summed E-state index contributed by atoms with van der Waals surface area (Å²) in [7, 11) is 0.986. The second-order valence-corrected chi connectivity index (χ2v) is 1.92. The molecule has 3 nitrogen and oxygen atoms in total. The lowest BCUT2D eigenvalue weighted by molar-refractivity contribution is 0.195. The van der Waals surface area contributed by atoms with Crippen molar-refractivity contribution in [1.82, 2.24) is 5.32 Å². The fourth-order valence-electron chi connectivity index (χ4n) is 0.264. The number of carboxylic acid groups (broad SMARTS) is 1. The summed E-state index contributed by atoms with van der Waals surface area (Å²) in [6, 6.07) is 0. The normalized spacial score (nSPS) is 10.0. The molecule has 0 aromatic carbocycles. The number of hydrogen-bond donors (Lipinski definition) is 2. The molecule has 0 spiro atoms. The van der Waals surface area contributed by atoms with Crippen LogP contribution in [0.1, 0.15) is 0 Å². The van der Waals surface area contributed by atoms with E-state index in [4.69, 9.17) is 5.11 Å². The summed E-state index contributed by atoms with van der Waals surface area (Å²) in [5.41, 5.74) is 1.93. The number of nitrogens with one attached hydrogen (secondary N) is 1. The van der Waals surface area contributed by atoms with Crippen LogP contribution >= 0.6 is 0 Å². The van der Waals surface area contributed by atoms with E-state index in [1.54, 1.807) is 6.08 Å². The number of hydrogen-bond acceptors (Lipinski definition) is 1. The molecule has 0 unspecified atom stereocenters. The topological polar surface area (TPSA) is 49.3 Å². The smallest absolute Gasteiger partial charge is 0.404 e. The molecule has 0 bridgehead atoms. The molecule has 0 aliphatic heterocycles. The molecule has 1 amide bonds. The molecule has 0 atom stereocenters. The molecule has 0 saturated heterocycles. The van der Waals surface area contributed by atoms with Crippen LogP contribution in [0.25, 0.3) is 0 Å². The predicted octanol–water partition coefficient (Wildman–Crippen LogP) is -0.867. The Labute approximate surface area is 50.8 Å². The molecule has 2 N–H and O–H groups in total. The molecule has 0 saturated carbocycles. The number of amides is 1. The van der Waals surface area contributed by atoms with Gasteiger partial charge >= 0.3 is 6.09 Å². The largest absolute Gasteiger partial charge is 0.465 e. The van der Waals surface area contributed by atoms with Gasteiger partial charge < -0.3 is 10.4 Å². The monoisotopic (exact) mass is 131 g/mol. The van der Waals surface area contributed by atoms with Gasteiger partial charge in [0.25, 0.3) is 0 Å². The first kappa shape index (κ1) is 7.23. The molecule has 8 heavy (non-hydrogen) atoms. The summed E-state index contributed by atoms with van der Waals surface area (Å²) >= 11 is 0. The van der Waals surface area contributed by atoms with Crippen molar-refractivity contribution >= 4 is 16.3 Å². The molecule has 0 aromatic heterocycles. The number of carbonyl (C=O) groups is 1. The maximum absolute atomic E-state index is 9.74. The van der Waals surface area contributed by atoms with E-state index >= 15 is 0 Å². The van der Waals surface area contributed by atoms with Crippen LogP contribution in [0.4, 0.5) is 4.79 Å². The third kappa shape index (κ3) is 5.23. The van der Waals surface area contributed by atoms with Crippen LogP contribution < -0.4 is 5.32 Å². The fourth-order valence-corrected chi connectivity index (χ4v) is 0.500. The predicted molar refractivity (Wildman–Crippen MR) is 35.1 cm³/mol. The van der Waals surface area contributed by atoms with Crippen LogP contribution in [0.3, 0.4) is 0 Å². The Bertz CT molecular complexity index is 102. The lowest BCUT2D eigenvalue weighted by Gasteiger charge is -1.89. The standard InChI is InChI=1S/C4H9NO2Si/c6-4(7)5-2-1-3-8/h1,3,5H,2H2,8H3,(H,6,7). The van der Waals surface area contributed by atoms with E-state index in [9.17, 15) is 4.79 Å². The van der Waals surface area contributed by atoms with Crippen molar-refractivity contribution in [1.29, 1.82) is 0 Å². The fraction of sp³-hybridized carbons (Fsp3) is 0.250. The van der Waals surface area contributed by atoms with Crippen LogP contribution in [-0.2, 0) is 0 Å². The highest BCUT2D eigenvalue weighted by Gasteiger charge is 1.85. The third-order valence-electron chi connectivity index (χ3n) is 0.607. The van der Waals surface area contributed by atoms with Gasteiger partial charge in [0.2, 0.25) is 0 Å². The minimum atomic E-state index is -0.968. The SMILES string of the molecule is O=C(O)NCC=C[SiH3]. The molecule has 0 aromatic rings. The van der Waals surface area contributed by atoms with Crippen LogP contribution in [-0.4, -0.2) is 28.0 Å². The zero-order valence-corrected chi connectivity index (χ0v) is 6.72. The quantitative estimate of drug-likeness (QED) is 0.479. The third-order valence-corrected chi connectivity index (χ3v) is 1.08.